The second kappa shape index (κ2) is 11.6. The minimum atomic E-state index is -0.544. The van der Waals surface area contributed by atoms with Crippen molar-refractivity contribution in [3.8, 4) is 16.9 Å². The summed E-state index contributed by atoms with van der Waals surface area (Å²) in [7, 11) is 0. The zero-order valence-electron chi connectivity index (χ0n) is 18.4. The molecule has 170 valence electrons. The van der Waals surface area contributed by atoms with Crippen LogP contribution in [0.1, 0.15) is 53.3 Å². The summed E-state index contributed by atoms with van der Waals surface area (Å²) < 4.78 is 10.6. The monoisotopic (exact) mass is 447 g/mol. The van der Waals surface area contributed by atoms with Crippen molar-refractivity contribution >= 4 is 17.6 Å². The number of nitro benzene ring substituents is 1. The fraction of sp³-hybridized carbons (Fsp3) is 0.231. The Labute approximate surface area is 192 Å². The van der Waals surface area contributed by atoms with Crippen LogP contribution >= 0.6 is 0 Å². The molecule has 3 aromatic rings. The number of nitrogens with zero attached hydrogens (tertiary/aromatic N) is 1. The molecule has 0 atom stereocenters. The molecule has 3 rings (SSSR count). The van der Waals surface area contributed by atoms with Crippen LogP contribution < -0.4 is 4.74 Å². The van der Waals surface area contributed by atoms with E-state index in [0.29, 0.717) is 23.5 Å². The summed E-state index contributed by atoms with van der Waals surface area (Å²) in [4.78, 5) is 34.8. The predicted octanol–water partition coefficient (Wildman–Crippen LogP) is 6.22. The van der Waals surface area contributed by atoms with E-state index in [2.05, 4.69) is 6.92 Å². The molecule has 0 aliphatic rings. The number of carbonyl (C=O) groups excluding carboxylic acids is 2. The van der Waals surface area contributed by atoms with Crippen LogP contribution in [-0.4, -0.2) is 23.5 Å². The maximum absolute atomic E-state index is 12.4. The Bertz CT molecular complexity index is 1090. The molecule has 0 aromatic heterocycles. The van der Waals surface area contributed by atoms with E-state index in [-0.39, 0.29) is 5.69 Å². The molecule has 0 N–H and O–H groups in total. The Kier molecular flexibility index (Phi) is 8.30. The highest BCUT2D eigenvalue weighted by atomic mass is 16.6. The molecule has 7 heteroatoms. The Morgan fingerprint density at radius 1 is 0.758 bits per heavy atom. The molecule has 0 aliphatic heterocycles. The van der Waals surface area contributed by atoms with Crippen LogP contribution in [0.25, 0.3) is 11.1 Å². The van der Waals surface area contributed by atoms with Gasteiger partial charge in [0.25, 0.3) is 5.69 Å². The number of unbranched alkanes of at least 4 members (excludes halogenated alkanes) is 3. The molecule has 0 unspecified atom stereocenters. The fourth-order valence-electron chi connectivity index (χ4n) is 3.18. The van der Waals surface area contributed by atoms with E-state index in [0.717, 1.165) is 36.8 Å². The average molecular weight is 447 g/mol. The molecule has 0 amide bonds. The minimum Gasteiger partial charge on any atom is -0.462 e. The van der Waals surface area contributed by atoms with Crippen molar-refractivity contribution in [1.82, 2.24) is 0 Å². The van der Waals surface area contributed by atoms with Gasteiger partial charge in [0, 0.05) is 12.1 Å². The van der Waals surface area contributed by atoms with Crippen molar-refractivity contribution in [1.29, 1.82) is 0 Å². The van der Waals surface area contributed by atoms with Gasteiger partial charge in [-0.1, -0.05) is 38.3 Å². The molecule has 0 radical (unpaired) electrons. The van der Waals surface area contributed by atoms with Gasteiger partial charge in [-0.05, 0) is 66.1 Å². The van der Waals surface area contributed by atoms with Crippen LogP contribution in [0, 0.1) is 10.1 Å². The number of rotatable bonds is 10. The SMILES string of the molecule is CCCCCCOC(=O)c1ccc(C(=O)Oc2ccc(-c3ccc([N+](=O)[O-])cc3)cc2)cc1. The lowest BCUT2D eigenvalue weighted by atomic mass is 10.1. The number of hydrogen-bond acceptors (Lipinski definition) is 6. The van der Waals surface area contributed by atoms with Gasteiger partial charge in [0.2, 0.25) is 0 Å². The number of esters is 2. The maximum atomic E-state index is 12.4. The largest absolute Gasteiger partial charge is 0.462 e. The lowest BCUT2D eigenvalue weighted by molar-refractivity contribution is -0.384. The molecule has 3 aromatic carbocycles. The van der Waals surface area contributed by atoms with Crippen molar-refractivity contribution < 1.29 is 24.0 Å². The van der Waals surface area contributed by atoms with Gasteiger partial charge in [-0.2, -0.15) is 0 Å². The predicted molar refractivity (Wildman–Crippen MR) is 124 cm³/mol. The first-order valence-electron chi connectivity index (χ1n) is 10.8. The zero-order valence-corrected chi connectivity index (χ0v) is 18.4. The normalized spacial score (nSPS) is 10.5. The number of ether oxygens (including phenoxy) is 2. The quantitative estimate of drug-likeness (QED) is 0.120. The first kappa shape index (κ1) is 23.7. The van der Waals surface area contributed by atoms with Gasteiger partial charge in [-0.3, -0.25) is 10.1 Å². The van der Waals surface area contributed by atoms with Gasteiger partial charge in [0.15, 0.2) is 0 Å². The van der Waals surface area contributed by atoms with Crippen molar-refractivity contribution in [3.05, 3.63) is 94.0 Å². The smallest absolute Gasteiger partial charge is 0.343 e. The highest BCUT2D eigenvalue weighted by Crippen LogP contribution is 2.25. The van der Waals surface area contributed by atoms with Crippen molar-refractivity contribution in [2.75, 3.05) is 6.61 Å². The standard InChI is InChI=1S/C26H25NO6/c1-2-3-4-5-18-32-25(28)21-6-8-22(9-7-21)26(29)33-24-16-12-20(13-17-24)19-10-14-23(15-11-19)27(30)31/h6-17H,2-5,18H2,1H3. The summed E-state index contributed by atoms with van der Waals surface area (Å²) in [5, 5.41) is 10.8. The molecule has 0 heterocycles. The highest BCUT2D eigenvalue weighted by molar-refractivity contribution is 5.94. The third-order valence-corrected chi connectivity index (χ3v) is 5.06. The summed E-state index contributed by atoms with van der Waals surface area (Å²) in [5.41, 5.74) is 2.37. The van der Waals surface area contributed by atoms with Crippen LogP contribution in [0.15, 0.2) is 72.8 Å². The Hall–Kier alpha value is -4.00. The molecule has 7 nitrogen and oxygen atoms in total. The Morgan fingerprint density at radius 2 is 1.30 bits per heavy atom. The van der Waals surface area contributed by atoms with Gasteiger partial charge < -0.3 is 9.47 Å². The van der Waals surface area contributed by atoms with Gasteiger partial charge in [0.1, 0.15) is 5.75 Å². The van der Waals surface area contributed by atoms with Crippen molar-refractivity contribution in [2.24, 2.45) is 0 Å². The molecule has 0 saturated heterocycles. The van der Waals surface area contributed by atoms with E-state index < -0.39 is 16.9 Å². The summed E-state index contributed by atoms with van der Waals surface area (Å²) in [5.74, 6) is -0.591. The number of benzene rings is 3. The number of nitro groups is 1. The lowest BCUT2D eigenvalue weighted by Crippen LogP contribution is -2.10. The minimum absolute atomic E-state index is 0.0237. The molecule has 0 bridgehead atoms. The Balaban J connectivity index is 1.55. The summed E-state index contributed by atoms with van der Waals surface area (Å²) in [6.07, 6.45) is 4.11. The first-order valence-corrected chi connectivity index (χ1v) is 10.8. The molecule has 0 saturated carbocycles. The van der Waals surface area contributed by atoms with E-state index in [1.165, 1.54) is 24.3 Å². The number of non-ortho nitro benzene ring substituents is 1. The highest BCUT2D eigenvalue weighted by Gasteiger charge is 2.12. The molecular formula is C26H25NO6. The van der Waals surface area contributed by atoms with Crippen LogP contribution in [-0.2, 0) is 4.74 Å². The lowest BCUT2D eigenvalue weighted by Gasteiger charge is -2.07. The fourth-order valence-corrected chi connectivity index (χ4v) is 3.18. The average Bonchev–Trinajstić information content (AvgIpc) is 2.84. The molecular weight excluding hydrogens is 422 g/mol. The van der Waals surface area contributed by atoms with Gasteiger partial charge in [-0.25, -0.2) is 9.59 Å². The van der Waals surface area contributed by atoms with Gasteiger partial charge in [0.05, 0.1) is 22.7 Å². The molecule has 0 aliphatic carbocycles. The number of hydrogen-bond donors (Lipinski definition) is 0. The third kappa shape index (κ3) is 6.74. The van der Waals surface area contributed by atoms with Crippen LogP contribution in [0.2, 0.25) is 0 Å². The zero-order chi connectivity index (χ0) is 23.6. The summed E-state index contributed by atoms with van der Waals surface area (Å²) >= 11 is 0. The third-order valence-electron chi connectivity index (χ3n) is 5.06. The van der Waals surface area contributed by atoms with E-state index in [9.17, 15) is 19.7 Å². The second-order valence-electron chi connectivity index (χ2n) is 7.49. The van der Waals surface area contributed by atoms with Gasteiger partial charge in [-0.15, -0.1) is 0 Å². The van der Waals surface area contributed by atoms with E-state index in [1.807, 2.05) is 0 Å². The van der Waals surface area contributed by atoms with E-state index in [1.54, 1.807) is 48.5 Å². The summed E-state index contributed by atoms with van der Waals surface area (Å²) in [6, 6.07) is 19.2. The van der Waals surface area contributed by atoms with Crippen LogP contribution in [0.5, 0.6) is 5.75 Å². The Morgan fingerprint density at radius 3 is 1.85 bits per heavy atom. The van der Waals surface area contributed by atoms with Crippen LogP contribution in [0.4, 0.5) is 5.69 Å². The van der Waals surface area contributed by atoms with Gasteiger partial charge >= 0.3 is 11.9 Å². The molecule has 0 spiro atoms. The molecule has 0 fully saturated rings. The van der Waals surface area contributed by atoms with Crippen LogP contribution in [0.3, 0.4) is 0 Å². The van der Waals surface area contributed by atoms with Crippen molar-refractivity contribution in [2.45, 2.75) is 32.6 Å². The summed E-state index contributed by atoms with van der Waals surface area (Å²) in [6.45, 7) is 2.51. The van der Waals surface area contributed by atoms with E-state index in [4.69, 9.17) is 9.47 Å². The molecule has 33 heavy (non-hydrogen) atoms. The second-order valence-corrected chi connectivity index (χ2v) is 7.49. The number of carbonyl (C=O) groups is 2. The topological polar surface area (TPSA) is 95.7 Å². The first-order chi connectivity index (χ1) is 16.0. The van der Waals surface area contributed by atoms with Crippen molar-refractivity contribution in [3.63, 3.8) is 0 Å². The van der Waals surface area contributed by atoms with E-state index >= 15 is 0 Å². The maximum Gasteiger partial charge on any atom is 0.343 e.